The van der Waals surface area contributed by atoms with Crippen LogP contribution in [0.3, 0.4) is 0 Å². The van der Waals surface area contributed by atoms with Gasteiger partial charge in [-0.2, -0.15) is 5.10 Å². The molecule has 2 aromatic rings. The Bertz CT molecular complexity index is 478. The molecule has 0 aromatic carbocycles. The van der Waals surface area contributed by atoms with Crippen LogP contribution in [0, 0.1) is 6.92 Å². The number of hydrogen-bond donors (Lipinski definition) is 0. The highest BCUT2D eigenvalue weighted by molar-refractivity contribution is 6.17. The zero-order valence-electron chi connectivity index (χ0n) is 8.61. The van der Waals surface area contributed by atoms with Crippen LogP contribution in [-0.2, 0) is 12.9 Å². The van der Waals surface area contributed by atoms with Crippen molar-refractivity contribution in [2.45, 2.75) is 12.8 Å². The van der Waals surface area contributed by atoms with Gasteiger partial charge in [-0.1, -0.05) is 0 Å². The van der Waals surface area contributed by atoms with Crippen molar-refractivity contribution >= 4 is 11.6 Å². The lowest BCUT2D eigenvalue weighted by molar-refractivity contribution is 0.768. The third-order valence-corrected chi connectivity index (χ3v) is 2.42. The van der Waals surface area contributed by atoms with Gasteiger partial charge in [0.05, 0.1) is 23.3 Å². The fourth-order valence-electron chi connectivity index (χ4n) is 1.29. The predicted octanol–water partition coefficient (Wildman–Crippen LogP) is 1.92. The average molecular weight is 223 g/mol. The van der Waals surface area contributed by atoms with Crippen LogP contribution in [-0.4, -0.2) is 19.7 Å². The van der Waals surface area contributed by atoms with Crippen LogP contribution in [0.2, 0.25) is 0 Å². The highest BCUT2D eigenvalue weighted by Crippen LogP contribution is 2.15. The van der Waals surface area contributed by atoms with Gasteiger partial charge in [-0.3, -0.25) is 4.68 Å². The minimum Gasteiger partial charge on any atom is -0.275 e. The SMILES string of the molecule is Cc1cnc(-c2cnn(C)c2)nc1CCl. The molecule has 0 aliphatic carbocycles. The number of aromatic nitrogens is 4. The van der Waals surface area contributed by atoms with Crippen LogP contribution in [0.1, 0.15) is 11.3 Å². The largest absolute Gasteiger partial charge is 0.275 e. The first-order valence-electron chi connectivity index (χ1n) is 4.58. The van der Waals surface area contributed by atoms with Gasteiger partial charge >= 0.3 is 0 Å². The summed E-state index contributed by atoms with van der Waals surface area (Å²) in [5, 5.41) is 4.07. The van der Waals surface area contributed by atoms with Gasteiger partial charge in [-0.05, 0) is 12.5 Å². The van der Waals surface area contributed by atoms with Crippen LogP contribution in [0.4, 0.5) is 0 Å². The fourth-order valence-corrected chi connectivity index (χ4v) is 1.56. The van der Waals surface area contributed by atoms with E-state index in [1.54, 1.807) is 17.1 Å². The zero-order valence-corrected chi connectivity index (χ0v) is 9.36. The van der Waals surface area contributed by atoms with Gasteiger partial charge in [0.1, 0.15) is 0 Å². The maximum atomic E-state index is 5.79. The summed E-state index contributed by atoms with van der Waals surface area (Å²) in [6.45, 7) is 1.95. The third kappa shape index (κ3) is 1.99. The number of hydrogen-bond acceptors (Lipinski definition) is 3. The Labute approximate surface area is 92.9 Å². The van der Waals surface area contributed by atoms with Gasteiger partial charge in [0.2, 0.25) is 0 Å². The topological polar surface area (TPSA) is 43.6 Å². The molecule has 0 atom stereocenters. The highest BCUT2D eigenvalue weighted by atomic mass is 35.5. The molecule has 0 bridgehead atoms. The minimum atomic E-state index is 0.404. The molecule has 0 unspecified atom stereocenters. The molecule has 2 heterocycles. The maximum Gasteiger partial charge on any atom is 0.162 e. The van der Waals surface area contributed by atoms with Crippen molar-refractivity contribution in [2.75, 3.05) is 0 Å². The zero-order chi connectivity index (χ0) is 10.8. The van der Waals surface area contributed by atoms with Crippen molar-refractivity contribution in [2.24, 2.45) is 7.05 Å². The van der Waals surface area contributed by atoms with Crippen molar-refractivity contribution in [3.8, 4) is 11.4 Å². The molecule has 0 amide bonds. The number of aryl methyl sites for hydroxylation is 2. The van der Waals surface area contributed by atoms with Crippen molar-refractivity contribution in [3.63, 3.8) is 0 Å². The first-order valence-corrected chi connectivity index (χ1v) is 5.11. The molecule has 0 radical (unpaired) electrons. The molecule has 78 valence electrons. The summed E-state index contributed by atoms with van der Waals surface area (Å²) < 4.78 is 1.72. The number of nitrogens with zero attached hydrogens (tertiary/aromatic N) is 4. The Morgan fingerprint density at radius 2 is 2.20 bits per heavy atom. The highest BCUT2D eigenvalue weighted by Gasteiger charge is 2.06. The lowest BCUT2D eigenvalue weighted by Crippen LogP contribution is -1.96. The summed E-state index contributed by atoms with van der Waals surface area (Å²) in [5.41, 5.74) is 2.78. The Kier molecular flexibility index (Phi) is 2.68. The van der Waals surface area contributed by atoms with Crippen molar-refractivity contribution in [1.29, 1.82) is 0 Å². The summed E-state index contributed by atoms with van der Waals surface area (Å²) >= 11 is 5.79. The van der Waals surface area contributed by atoms with E-state index in [0.717, 1.165) is 16.8 Å². The standard InChI is InChI=1S/C10H11ClN4/c1-7-4-12-10(14-9(7)3-11)8-5-13-15(2)6-8/h4-6H,3H2,1-2H3. The monoisotopic (exact) mass is 222 g/mol. The smallest absolute Gasteiger partial charge is 0.162 e. The predicted molar refractivity (Wildman–Crippen MR) is 58.5 cm³/mol. The molecular formula is C10H11ClN4. The third-order valence-electron chi connectivity index (χ3n) is 2.17. The summed E-state index contributed by atoms with van der Waals surface area (Å²) in [7, 11) is 1.86. The van der Waals surface area contributed by atoms with E-state index in [9.17, 15) is 0 Å². The summed E-state index contributed by atoms with van der Waals surface area (Å²) in [6, 6.07) is 0. The van der Waals surface area contributed by atoms with Crippen LogP contribution in [0.25, 0.3) is 11.4 Å². The molecule has 15 heavy (non-hydrogen) atoms. The average Bonchev–Trinajstić information content (AvgIpc) is 2.66. The molecule has 0 aliphatic heterocycles. The molecule has 5 heteroatoms. The molecule has 0 N–H and O–H groups in total. The van der Waals surface area contributed by atoms with Crippen molar-refractivity contribution < 1.29 is 0 Å². The van der Waals surface area contributed by atoms with Gasteiger partial charge in [0.25, 0.3) is 0 Å². The van der Waals surface area contributed by atoms with Crippen molar-refractivity contribution in [1.82, 2.24) is 19.7 Å². The van der Waals surface area contributed by atoms with E-state index in [0.29, 0.717) is 11.7 Å². The van der Waals surface area contributed by atoms with Crippen LogP contribution in [0.5, 0.6) is 0 Å². The number of halogens is 1. The Balaban J connectivity index is 2.45. The van der Waals surface area contributed by atoms with Crippen molar-refractivity contribution in [3.05, 3.63) is 29.8 Å². The summed E-state index contributed by atoms with van der Waals surface area (Å²) in [6.07, 6.45) is 5.40. The van der Waals surface area contributed by atoms with E-state index in [1.807, 2.05) is 20.2 Å². The first kappa shape index (κ1) is 10.1. The Morgan fingerprint density at radius 1 is 1.40 bits per heavy atom. The van der Waals surface area contributed by atoms with Gasteiger partial charge in [0, 0.05) is 19.4 Å². The molecule has 0 spiro atoms. The van der Waals surface area contributed by atoms with Gasteiger partial charge in [0.15, 0.2) is 5.82 Å². The lowest BCUT2D eigenvalue weighted by Gasteiger charge is -2.02. The molecule has 0 aliphatic rings. The number of rotatable bonds is 2. The second kappa shape index (κ2) is 3.98. The maximum absolute atomic E-state index is 5.79. The van der Waals surface area contributed by atoms with Gasteiger partial charge in [-0.25, -0.2) is 9.97 Å². The molecule has 2 aromatic heterocycles. The second-order valence-corrected chi connectivity index (χ2v) is 3.63. The molecule has 0 fully saturated rings. The van der Waals surface area contributed by atoms with Crippen LogP contribution in [0.15, 0.2) is 18.6 Å². The quantitative estimate of drug-likeness (QED) is 0.730. The summed E-state index contributed by atoms with van der Waals surface area (Å²) in [4.78, 5) is 8.63. The molecular weight excluding hydrogens is 212 g/mol. The normalized spacial score (nSPS) is 10.6. The van der Waals surface area contributed by atoms with Crippen LogP contribution >= 0.6 is 11.6 Å². The van der Waals surface area contributed by atoms with E-state index >= 15 is 0 Å². The van der Waals surface area contributed by atoms with Crippen LogP contribution < -0.4 is 0 Å². The van der Waals surface area contributed by atoms with Gasteiger partial charge < -0.3 is 0 Å². The van der Waals surface area contributed by atoms with E-state index in [2.05, 4.69) is 15.1 Å². The summed E-state index contributed by atoms with van der Waals surface area (Å²) in [5.74, 6) is 1.08. The molecule has 0 saturated carbocycles. The fraction of sp³-hybridized carbons (Fsp3) is 0.300. The Morgan fingerprint density at radius 3 is 2.80 bits per heavy atom. The number of alkyl halides is 1. The molecule has 2 rings (SSSR count). The minimum absolute atomic E-state index is 0.404. The Hall–Kier alpha value is -1.42. The van der Waals surface area contributed by atoms with E-state index in [1.165, 1.54) is 0 Å². The van der Waals surface area contributed by atoms with E-state index in [4.69, 9.17) is 11.6 Å². The first-order chi connectivity index (χ1) is 7.20. The van der Waals surface area contributed by atoms with E-state index in [-0.39, 0.29) is 0 Å². The van der Waals surface area contributed by atoms with Gasteiger partial charge in [-0.15, -0.1) is 11.6 Å². The molecule has 4 nitrogen and oxygen atoms in total. The molecule has 0 saturated heterocycles. The second-order valence-electron chi connectivity index (χ2n) is 3.36. The lowest BCUT2D eigenvalue weighted by atomic mass is 10.2. The van der Waals surface area contributed by atoms with E-state index < -0.39 is 0 Å².